The molecule has 0 unspecified atom stereocenters. The summed E-state index contributed by atoms with van der Waals surface area (Å²) in [5, 5.41) is 8.54. The molecule has 0 aliphatic carbocycles. The Morgan fingerprint density at radius 2 is 1.94 bits per heavy atom. The summed E-state index contributed by atoms with van der Waals surface area (Å²) in [7, 11) is 0. The van der Waals surface area contributed by atoms with Crippen molar-refractivity contribution in [1.29, 1.82) is 0 Å². The number of thioether (sulfide) groups is 1. The molecule has 0 amide bonds. The van der Waals surface area contributed by atoms with E-state index in [4.69, 9.17) is 10.8 Å². The topological polar surface area (TPSA) is 80.4 Å². The molecule has 0 aromatic heterocycles. The summed E-state index contributed by atoms with van der Waals surface area (Å²) in [6.07, 6.45) is 0.390. The predicted molar refractivity (Wildman–Crippen MR) is 67.6 cm³/mol. The van der Waals surface area contributed by atoms with Gasteiger partial charge in [0.2, 0.25) is 0 Å². The summed E-state index contributed by atoms with van der Waals surface area (Å²) in [5.74, 6) is -0.451. The lowest BCUT2D eigenvalue weighted by Gasteiger charge is -2.05. The number of benzene rings is 1. The molecule has 0 saturated heterocycles. The number of hydrogen-bond donors (Lipinski definition) is 2. The first-order chi connectivity index (χ1) is 8.09. The van der Waals surface area contributed by atoms with Gasteiger partial charge < -0.3 is 10.8 Å². The second-order valence-corrected chi connectivity index (χ2v) is 4.66. The first kappa shape index (κ1) is 13.7. The lowest BCUT2D eigenvalue weighted by atomic mass is 10.2. The van der Waals surface area contributed by atoms with E-state index in [0.717, 1.165) is 5.56 Å². The van der Waals surface area contributed by atoms with Gasteiger partial charge in [-0.1, -0.05) is 42.1 Å². The van der Waals surface area contributed by atoms with Gasteiger partial charge in [-0.3, -0.25) is 9.59 Å². The molecule has 0 heterocycles. The zero-order valence-electron chi connectivity index (χ0n) is 9.33. The number of nitrogens with two attached hydrogens (primary N) is 1. The number of carbonyl (C=O) groups is 2. The molecule has 0 bridgehead atoms. The highest BCUT2D eigenvalue weighted by atomic mass is 32.2. The fraction of sp³-hybridized carbons (Fsp3) is 0.333. The van der Waals surface area contributed by atoms with Gasteiger partial charge in [0.1, 0.15) is 6.04 Å². The van der Waals surface area contributed by atoms with E-state index < -0.39 is 12.0 Å². The van der Waals surface area contributed by atoms with Crippen molar-refractivity contribution in [1.82, 2.24) is 0 Å². The maximum atomic E-state index is 11.5. The molecule has 0 spiro atoms. The van der Waals surface area contributed by atoms with Gasteiger partial charge >= 0.3 is 5.97 Å². The van der Waals surface area contributed by atoms with E-state index in [1.54, 1.807) is 0 Å². The van der Waals surface area contributed by atoms with Crippen LogP contribution in [0.15, 0.2) is 30.3 Å². The first-order valence-electron chi connectivity index (χ1n) is 5.27. The molecule has 1 atom stereocenters. The van der Waals surface area contributed by atoms with Crippen molar-refractivity contribution >= 4 is 22.8 Å². The summed E-state index contributed by atoms with van der Waals surface area (Å²) < 4.78 is 0. The fourth-order valence-electron chi connectivity index (χ4n) is 1.21. The fourth-order valence-corrected chi connectivity index (χ4v) is 1.99. The number of aliphatic carboxylic acids is 1. The molecule has 1 rings (SSSR count). The Kier molecular flexibility index (Phi) is 5.72. The van der Waals surface area contributed by atoms with Crippen LogP contribution in [-0.4, -0.2) is 22.2 Å². The van der Waals surface area contributed by atoms with Crippen LogP contribution < -0.4 is 5.73 Å². The summed E-state index contributed by atoms with van der Waals surface area (Å²) in [6, 6.07) is 8.70. The highest BCUT2D eigenvalue weighted by Gasteiger charge is 2.13. The van der Waals surface area contributed by atoms with E-state index in [9.17, 15) is 9.59 Å². The van der Waals surface area contributed by atoms with E-state index in [1.807, 2.05) is 30.3 Å². The van der Waals surface area contributed by atoms with Crippen molar-refractivity contribution in [3.63, 3.8) is 0 Å². The molecule has 4 nitrogen and oxygen atoms in total. The minimum absolute atomic E-state index is 0.0226. The maximum Gasteiger partial charge on any atom is 0.320 e. The normalized spacial score (nSPS) is 12.1. The SMILES string of the molecule is N[C@@H](CCC(=O)SCc1ccccc1)C(=O)O. The lowest BCUT2D eigenvalue weighted by Crippen LogP contribution is -2.30. The molecular weight excluding hydrogens is 238 g/mol. The summed E-state index contributed by atoms with van der Waals surface area (Å²) in [4.78, 5) is 21.9. The standard InChI is InChI=1S/C12H15NO3S/c13-10(12(15)16)6-7-11(14)17-8-9-4-2-1-3-5-9/h1-5,10H,6-8,13H2,(H,15,16)/t10-/m0/s1. The molecule has 1 aromatic carbocycles. The van der Waals surface area contributed by atoms with Crippen LogP contribution >= 0.6 is 11.8 Å². The van der Waals surface area contributed by atoms with Crippen LogP contribution in [0.1, 0.15) is 18.4 Å². The lowest BCUT2D eigenvalue weighted by molar-refractivity contribution is -0.138. The molecule has 0 radical (unpaired) electrons. The van der Waals surface area contributed by atoms with Crippen LogP contribution in [0.2, 0.25) is 0 Å². The molecule has 5 heteroatoms. The van der Waals surface area contributed by atoms with Crippen LogP contribution in [0.25, 0.3) is 0 Å². The van der Waals surface area contributed by atoms with Gasteiger partial charge in [-0.05, 0) is 12.0 Å². The predicted octanol–water partition coefficient (Wildman–Crippen LogP) is 1.64. The number of hydrogen-bond acceptors (Lipinski definition) is 4. The number of carbonyl (C=O) groups excluding carboxylic acids is 1. The van der Waals surface area contributed by atoms with Crippen molar-refractivity contribution in [2.24, 2.45) is 5.73 Å². The van der Waals surface area contributed by atoms with Crippen LogP contribution in [0, 0.1) is 0 Å². The van der Waals surface area contributed by atoms with Crippen molar-refractivity contribution < 1.29 is 14.7 Å². The summed E-state index contributed by atoms with van der Waals surface area (Å²) >= 11 is 1.20. The van der Waals surface area contributed by atoms with E-state index in [1.165, 1.54) is 11.8 Å². The van der Waals surface area contributed by atoms with Crippen molar-refractivity contribution in [3.05, 3.63) is 35.9 Å². The van der Waals surface area contributed by atoms with Crippen LogP contribution in [0.3, 0.4) is 0 Å². The molecule has 0 fully saturated rings. The van der Waals surface area contributed by atoms with Gasteiger partial charge in [0.15, 0.2) is 5.12 Å². The monoisotopic (exact) mass is 253 g/mol. The van der Waals surface area contributed by atoms with Gasteiger partial charge in [0, 0.05) is 12.2 Å². The van der Waals surface area contributed by atoms with Crippen LogP contribution in [0.4, 0.5) is 0 Å². The average Bonchev–Trinajstić information content (AvgIpc) is 2.34. The molecule has 0 aliphatic rings. The molecule has 0 saturated carbocycles. The van der Waals surface area contributed by atoms with Crippen LogP contribution in [-0.2, 0) is 15.3 Å². The zero-order valence-corrected chi connectivity index (χ0v) is 10.2. The van der Waals surface area contributed by atoms with Gasteiger partial charge in [-0.15, -0.1) is 0 Å². The highest BCUT2D eigenvalue weighted by molar-refractivity contribution is 8.12. The minimum atomic E-state index is -1.06. The Balaban J connectivity index is 2.24. The smallest absolute Gasteiger partial charge is 0.320 e. The molecule has 1 aromatic rings. The second kappa shape index (κ2) is 7.09. The number of rotatable bonds is 6. The van der Waals surface area contributed by atoms with Crippen molar-refractivity contribution in [2.45, 2.75) is 24.6 Å². The Morgan fingerprint density at radius 3 is 2.53 bits per heavy atom. The number of carboxylic acid groups (broad SMARTS) is 1. The minimum Gasteiger partial charge on any atom is -0.480 e. The van der Waals surface area contributed by atoms with E-state index in [2.05, 4.69) is 0 Å². The molecule has 0 aliphatic heterocycles. The third-order valence-corrected chi connectivity index (χ3v) is 3.22. The maximum absolute atomic E-state index is 11.5. The second-order valence-electron chi connectivity index (χ2n) is 3.63. The third kappa shape index (κ3) is 5.51. The van der Waals surface area contributed by atoms with Gasteiger partial charge in [-0.2, -0.15) is 0 Å². The zero-order chi connectivity index (χ0) is 12.7. The number of carboxylic acids is 1. The Labute approximate surface area is 104 Å². The summed E-state index contributed by atoms with van der Waals surface area (Å²) in [6.45, 7) is 0. The molecule has 92 valence electrons. The quantitative estimate of drug-likeness (QED) is 0.805. The first-order valence-corrected chi connectivity index (χ1v) is 6.26. The van der Waals surface area contributed by atoms with E-state index in [0.29, 0.717) is 5.75 Å². The van der Waals surface area contributed by atoms with Gasteiger partial charge in [0.05, 0.1) is 0 Å². The van der Waals surface area contributed by atoms with Gasteiger partial charge in [-0.25, -0.2) is 0 Å². The van der Waals surface area contributed by atoms with E-state index >= 15 is 0 Å². The molecule has 3 N–H and O–H groups in total. The summed E-state index contributed by atoms with van der Waals surface area (Å²) in [5.41, 5.74) is 6.39. The van der Waals surface area contributed by atoms with Crippen LogP contribution in [0.5, 0.6) is 0 Å². The van der Waals surface area contributed by atoms with Crippen molar-refractivity contribution in [2.75, 3.05) is 0 Å². The molecule has 17 heavy (non-hydrogen) atoms. The van der Waals surface area contributed by atoms with Gasteiger partial charge in [0.25, 0.3) is 0 Å². The Bertz CT molecular complexity index is 381. The largest absolute Gasteiger partial charge is 0.480 e. The Morgan fingerprint density at radius 1 is 1.29 bits per heavy atom. The average molecular weight is 253 g/mol. The third-order valence-electron chi connectivity index (χ3n) is 2.22. The Hall–Kier alpha value is -1.33. The van der Waals surface area contributed by atoms with Crippen molar-refractivity contribution in [3.8, 4) is 0 Å². The highest BCUT2D eigenvalue weighted by Crippen LogP contribution is 2.15. The molecular formula is C12H15NO3S. The van der Waals surface area contributed by atoms with E-state index in [-0.39, 0.29) is 18.0 Å².